The summed E-state index contributed by atoms with van der Waals surface area (Å²) < 4.78 is 1.97. The molecule has 8 heteroatoms. The maximum Gasteiger partial charge on any atom is 0.339 e. The van der Waals surface area contributed by atoms with Gasteiger partial charge in [0.05, 0.1) is 17.6 Å². The molecule has 3 aromatic rings. The molecule has 31 heavy (non-hydrogen) atoms. The van der Waals surface area contributed by atoms with Gasteiger partial charge in [-0.15, -0.1) is 0 Å². The highest BCUT2D eigenvalue weighted by atomic mass is 16.4. The zero-order valence-corrected chi connectivity index (χ0v) is 18.2. The Labute approximate surface area is 181 Å². The summed E-state index contributed by atoms with van der Waals surface area (Å²) in [7, 11) is 1.81. The van der Waals surface area contributed by atoms with Crippen molar-refractivity contribution < 1.29 is 14.7 Å². The molecule has 0 fully saturated rings. The Morgan fingerprint density at radius 1 is 1.19 bits per heavy atom. The van der Waals surface area contributed by atoms with Crippen LogP contribution < -0.4 is 10.2 Å². The van der Waals surface area contributed by atoms with Crippen LogP contribution in [-0.2, 0) is 13.0 Å². The Balaban J connectivity index is 1.77. The average Bonchev–Trinajstić information content (AvgIpc) is 3.05. The molecule has 0 spiro atoms. The molecular formula is C23H27N5O3. The van der Waals surface area contributed by atoms with E-state index in [1.165, 1.54) is 12.3 Å². The van der Waals surface area contributed by atoms with Gasteiger partial charge < -0.3 is 15.3 Å². The second-order valence-electron chi connectivity index (χ2n) is 7.36. The van der Waals surface area contributed by atoms with Gasteiger partial charge in [0.25, 0.3) is 5.91 Å². The number of aromatic carboxylic acids is 1. The molecule has 3 rings (SSSR count). The van der Waals surface area contributed by atoms with Crippen molar-refractivity contribution >= 4 is 23.4 Å². The van der Waals surface area contributed by atoms with Crippen LogP contribution >= 0.6 is 0 Å². The smallest absolute Gasteiger partial charge is 0.339 e. The number of benzene rings is 1. The summed E-state index contributed by atoms with van der Waals surface area (Å²) in [4.78, 5) is 30.4. The third-order valence-electron chi connectivity index (χ3n) is 5.28. The Kier molecular flexibility index (Phi) is 6.69. The third-order valence-corrected chi connectivity index (χ3v) is 5.28. The molecule has 0 atom stereocenters. The number of carboxylic acids is 1. The normalized spacial score (nSPS) is 10.7. The Morgan fingerprint density at radius 2 is 1.90 bits per heavy atom. The van der Waals surface area contributed by atoms with Crippen molar-refractivity contribution in [1.82, 2.24) is 14.8 Å². The van der Waals surface area contributed by atoms with E-state index in [0.29, 0.717) is 23.6 Å². The summed E-state index contributed by atoms with van der Waals surface area (Å²) in [6, 6.07) is 10.2. The van der Waals surface area contributed by atoms with Gasteiger partial charge in [0.1, 0.15) is 11.4 Å². The first-order chi connectivity index (χ1) is 14.8. The van der Waals surface area contributed by atoms with Gasteiger partial charge in [0.15, 0.2) is 0 Å². The van der Waals surface area contributed by atoms with Crippen molar-refractivity contribution in [1.29, 1.82) is 0 Å². The molecule has 2 heterocycles. The molecule has 0 saturated heterocycles. The highest BCUT2D eigenvalue weighted by molar-refractivity contribution is 6.05. The standard InChI is InChI=1S/C23H27N5O3/c1-5-28-16(3)19(15(2)26-28)11-12-27(4)21-20(23(30)31)13-18(14-24-21)25-22(29)17-9-7-6-8-10-17/h6-10,13-14H,5,11-12H2,1-4H3,(H,25,29)(H,30,31). The zero-order valence-electron chi connectivity index (χ0n) is 18.2. The van der Waals surface area contributed by atoms with Gasteiger partial charge in [-0.2, -0.15) is 5.10 Å². The van der Waals surface area contributed by atoms with E-state index in [4.69, 9.17) is 0 Å². The Bertz CT molecular complexity index is 1090. The SMILES string of the molecule is CCn1nc(C)c(CCN(C)c2ncc(NC(=O)c3ccccc3)cc2C(=O)O)c1C. The minimum Gasteiger partial charge on any atom is -0.478 e. The summed E-state index contributed by atoms with van der Waals surface area (Å²) in [5.41, 5.74) is 4.12. The van der Waals surface area contributed by atoms with Gasteiger partial charge in [-0.25, -0.2) is 9.78 Å². The van der Waals surface area contributed by atoms with Crippen LogP contribution in [0, 0.1) is 13.8 Å². The molecule has 0 aliphatic heterocycles. The second-order valence-corrected chi connectivity index (χ2v) is 7.36. The average molecular weight is 422 g/mol. The highest BCUT2D eigenvalue weighted by Gasteiger charge is 2.18. The molecule has 162 valence electrons. The number of amides is 1. The topological polar surface area (TPSA) is 100 Å². The van der Waals surface area contributed by atoms with Crippen molar-refractivity contribution in [3.63, 3.8) is 0 Å². The van der Waals surface area contributed by atoms with Crippen molar-refractivity contribution in [2.24, 2.45) is 0 Å². The van der Waals surface area contributed by atoms with E-state index in [1.54, 1.807) is 24.3 Å². The number of hydrogen-bond donors (Lipinski definition) is 2. The first-order valence-electron chi connectivity index (χ1n) is 10.2. The lowest BCUT2D eigenvalue weighted by Gasteiger charge is -2.20. The van der Waals surface area contributed by atoms with E-state index < -0.39 is 5.97 Å². The van der Waals surface area contributed by atoms with Crippen molar-refractivity contribution in [3.05, 3.63) is 70.7 Å². The summed E-state index contributed by atoms with van der Waals surface area (Å²) in [6.07, 6.45) is 2.20. The van der Waals surface area contributed by atoms with Gasteiger partial charge in [0.2, 0.25) is 0 Å². The van der Waals surface area contributed by atoms with E-state index in [0.717, 1.165) is 29.9 Å². The predicted molar refractivity (Wildman–Crippen MR) is 120 cm³/mol. The van der Waals surface area contributed by atoms with Crippen molar-refractivity contribution in [2.75, 3.05) is 23.8 Å². The molecule has 0 saturated carbocycles. The highest BCUT2D eigenvalue weighted by Crippen LogP contribution is 2.22. The lowest BCUT2D eigenvalue weighted by atomic mass is 10.1. The molecule has 0 radical (unpaired) electrons. The van der Waals surface area contributed by atoms with Gasteiger partial charge in [-0.3, -0.25) is 9.48 Å². The van der Waals surface area contributed by atoms with Crippen LogP contribution in [-0.4, -0.2) is 45.3 Å². The number of rotatable bonds is 8. The number of carboxylic acid groups (broad SMARTS) is 1. The number of aromatic nitrogens is 3. The zero-order chi connectivity index (χ0) is 22.5. The molecular weight excluding hydrogens is 394 g/mol. The van der Waals surface area contributed by atoms with Gasteiger partial charge in [-0.1, -0.05) is 18.2 Å². The first kappa shape index (κ1) is 22.0. The minimum absolute atomic E-state index is 0.0334. The first-order valence-corrected chi connectivity index (χ1v) is 10.2. The Hall–Kier alpha value is -3.68. The van der Waals surface area contributed by atoms with E-state index in [-0.39, 0.29) is 11.5 Å². The van der Waals surface area contributed by atoms with Crippen molar-refractivity contribution in [3.8, 4) is 0 Å². The van der Waals surface area contributed by atoms with E-state index in [1.807, 2.05) is 36.5 Å². The van der Waals surface area contributed by atoms with Crippen LogP contribution in [0.5, 0.6) is 0 Å². The number of nitrogens with one attached hydrogen (secondary N) is 1. The van der Waals surface area contributed by atoms with Crippen LogP contribution in [0.1, 0.15) is 44.6 Å². The molecule has 0 aliphatic carbocycles. The van der Waals surface area contributed by atoms with Crippen LogP contribution in [0.2, 0.25) is 0 Å². The molecule has 1 amide bonds. The number of pyridine rings is 1. The number of anilines is 2. The maximum absolute atomic E-state index is 12.4. The molecule has 2 N–H and O–H groups in total. The molecule has 8 nitrogen and oxygen atoms in total. The van der Waals surface area contributed by atoms with Gasteiger partial charge in [0, 0.05) is 31.4 Å². The summed E-state index contributed by atoms with van der Waals surface area (Å²) in [6.45, 7) is 7.48. The maximum atomic E-state index is 12.4. The monoisotopic (exact) mass is 421 g/mol. The van der Waals surface area contributed by atoms with Crippen LogP contribution in [0.15, 0.2) is 42.6 Å². The van der Waals surface area contributed by atoms with Crippen LogP contribution in [0.4, 0.5) is 11.5 Å². The fraction of sp³-hybridized carbons (Fsp3) is 0.304. The quantitative estimate of drug-likeness (QED) is 0.577. The van der Waals surface area contributed by atoms with Gasteiger partial charge >= 0.3 is 5.97 Å². The van der Waals surface area contributed by atoms with Gasteiger partial charge in [-0.05, 0) is 51.0 Å². The molecule has 0 unspecified atom stereocenters. The minimum atomic E-state index is -1.10. The van der Waals surface area contributed by atoms with Crippen LogP contribution in [0.25, 0.3) is 0 Å². The van der Waals surface area contributed by atoms with Crippen LogP contribution in [0.3, 0.4) is 0 Å². The number of carbonyl (C=O) groups is 2. The Morgan fingerprint density at radius 3 is 2.52 bits per heavy atom. The molecule has 0 bridgehead atoms. The summed E-state index contributed by atoms with van der Waals surface area (Å²) >= 11 is 0. The summed E-state index contributed by atoms with van der Waals surface area (Å²) in [5, 5.41) is 17.0. The molecule has 1 aromatic carbocycles. The van der Waals surface area contributed by atoms with Crippen molar-refractivity contribution in [2.45, 2.75) is 33.7 Å². The lowest BCUT2D eigenvalue weighted by Crippen LogP contribution is -2.24. The number of carbonyl (C=O) groups excluding carboxylic acids is 1. The number of hydrogen-bond acceptors (Lipinski definition) is 5. The van der Waals surface area contributed by atoms with E-state index in [9.17, 15) is 14.7 Å². The fourth-order valence-corrected chi connectivity index (χ4v) is 3.57. The fourth-order valence-electron chi connectivity index (χ4n) is 3.57. The molecule has 0 aliphatic rings. The number of aryl methyl sites for hydroxylation is 2. The largest absolute Gasteiger partial charge is 0.478 e. The second kappa shape index (κ2) is 9.42. The van der Waals surface area contributed by atoms with E-state index in [2.05, 4.69) is 22.3 Å². The molecule has 2 aromatic heterocycles. The predicted octanol–water partition coefficient (Wildman–Crippen LogP) is 3.54. The van der Waals surface area contributed by atoms with E-state index >= 15 is 0 Å². The number of likely N-dealkylation sites (N-methyl/N-ethyl adjacent to an activating group) is 1. The third kappa shape index (κ3) is 4.91. The summed E-state index contributed by atoms with van der Waals surface area (Å²) in [5.74, 6) is -1.07. The number of nitrogens with zero attached hydrogens (tertiary/aromatic N) is 4. The lowest BCUT2D eigenvalue weighted by molar-refractivity contribution is 0.0697.